The molecule has 0 saturated heterocycles. The van der Waals surface area contributed by atoms with Gasteiger partial charge in [0.1, 0.15) is 0 Å². The highest BCUT2D eigenvalue weighted by Gasteiger charge is 2.18. The van der Waals surface area contributed by atoms with Gasteiger partial charge in [-0.15, -0.1) is 0 Å². The molecule has 0 amide bonds. The second-order valence-electron chi connectivity index (χ2n) is 4.22. The molecule has 0 unspecified atom stereocenters. The van der Waals surface area contributed by atoms with Crippen LogP contribution in [0.4, 0.5) is 0 Å². The number of hydrogen-bond acceptors (Lipinski definition) is 2. The first kappa shape index (κ1) is 10.9. The van der Waals surface area contributed by atoms with Gasteiger partial charge >= 0.3 is 0 Å². The molecule has 14 heavy (non-hydrogen) atoms. The van der Waals surface area contributed by atoms with Crippen molar-refractivity contribution in [3.63, 3.8) is 0 Å². The quantitative estimate of drug-likeness (QED) is 0.744. The summed E-state index contributed by atoms with van der Waals surface area (Å²) in [6.07, 6.45) is 0. The first-order valence-corrected chi connectivity index (χ1v) is 4.79. The van der Waals surface area contributed by atoms with Gasteiger partial charge in [0.15, 0.2) is 5.78 Å². The van der Waals surface area contributed by atoms with Crippen LogP contribution in [0.15, 0.2) is 24.3 Å². The van der Waals surface area contributed by atoms with Crippen LogP contribution < -0.4 is 5.73 Å². The standard InChI is InChI=1S/C12H17NO/c1-9(14)10-5-4-6-11(7-10)12(2,3)8-13/h4-7H,8,13H2,1-3H3. The highest BCUT2D eigenvalue weighted by atomic mass is 16.1. The van der Waals surface area contributed by atoms with Crippen molar-refractivity contribution in [3.05, 3.63) is 35.4 Å². The highest BCUT2D eigenvalue weighted by Crippen LogP contribution is 2.22. The van der Waals surface area contributed by atoms with E-state index in [-0.39, 0.29) is 11.2 Å². The summed E-state index contributed by atoms with van der Waals surface area (Å²) in [5.41, 5.74) is 7.49. The van der Waals surface area contributed by atoms with Crippen LogP contribution in [-0.4, -0.2) is 12.3 Å². The predicted molar refractivity (Wildman–Crippen MR) is 58.5 cm³/mol. The summed E-state index contributed by atoms with van der Waals surface area (Å²) in [7, 11) is 0. The van der Waals surface area contributed by atoms with Crippen molar-refractivity contribution < 1.29 is 4.79 Å². The van der Waals surface area contributed by atoms with E-state index in [1.807, 2.05) is 24.3 Å². The predicted octanol–water partition coefficient (Wildman–Crippen LogP) is 2.13. The number of nitrogens with two attached hydrogens (primary N) is 1. The average molecular weight is 191 g/mol. The van der Waals surface area contributed by atoms with E-state index in [4.69, 9.17) is 5.73 Å². The first-order chi connectivity index (χ1) is 6.47. The Bertz CT molecular complexity index is 342. The Labute approximate surface area is 85.1 Å². The molecule has 0 radical (unpaired) electrons. The highest BCUT2D eigenvalue weighted by molar-refractivity contribution is 5.94. The molecule has 76 valence electrons. The van der Waals surface area contributed by atoms with E-state index in [0.717, 1.165) is 11.1 Å². The van der Waals surface area contributed by atoms with Crippen LogP contribution in [0.1, 0.15) is 36.7 Å². The number of carbonyl (C=O) groups is 1. The fraction of sp³-hybridized carbons (Fsp3) is 0.417. The van der Waals surface area contributed by atoms with Gasteiger partial charge in [-0.2, -0.15) is 0 Å². The van der Waals surface area contributed by atoms with Crippen molar-refractivity contribution in [2.75, 3.05) is 6.54 Å². The molecule has 0 bridgehead atoms. The maximum Gasteiger partial charge on any atom is 0.159 e. The van der Waals surface area contributed by atoms with Crippen molar-refractivity contribution in [1.82, 2.24) is 0 Å². The molecule has 0 aliphatic heterocycles. The van der Waals surface area contributed by atoms with Crippen LogP contribution in [0.25, 0.3) is 0 Å². The van der Waals surface area contributed by atoms with E-state index in [0.29, 0.717) is 6.54 Å². The third-order valence-electron chi connectivity index (χ3n) is 2.56. The van der Waals surface area contributed by atoms with Gasteiger partial charge in [0.25, 0.3) is 0 Å². The summed E-state index contributed by atoms with van der Waals surface area (Å²) >= 11 is 0. The van der Waals surface area contributed by atoms with Gasteiger partial charge in [0.05, 0.1) is 0 Å². The lowest BCUT2D eigenvalue weighted by Gasteiger charge is -2.23. The summed E-state index contributed by atoms with van der Waals surface area (Å²) in [5.74, 6) is 0.0969. The lowest BCUT2D eigenvalue weighted by molar-refractivity contribution is 0.101. The van der Waals surface area contributed by atoms with Crippen LogP contribution in [0.5, 0.6) is 0 Å². The second-order valence-corrected chi connectivity index (χ2v) is 4.22. The molecule has 1 aromatic carbocycles. The lowest BCUT2D eigenvalue weighted by Crippen LogP contribution is -2.28. The third kappa shape index (κ3) is 2.20. The monoisotopic (exact) mass is 191 g/mol. The van der Waals surface area contributed by atoms with Crippen molar-refractivity contribution in [2.24, 2.45) is 5.73 Å². The average Bonchev–Trinajstić information content (AvgIpc) is 2.18. The number of Topliss-reactive ketones (excluding diaryl/α,β-unsaturated/α-hetero) is 1. The Morgan fingerprint density at radius 2 is 2.07 bits per heavy atom. The van der Waals surface area contributed by atoms with E-state index in [9.17, 15) is 4.79 Å². The molecule has 0 fully saturated rings. The maximum atomic E-state index is 11.2. The molecule has 0 atom stereocenters. The number of carbonyl (C=O) groups excluding carboxylic acids is 1. The largest absolute Gasteiger partial charge is 0.330 e. The fourth-order valence-corrected chi connectivity index (χ4v) is 1.28. The summed E-state index contributed by atoms with van der Waals surface area (Å²) in [6.45, 7) is 6.31. The number of benzene rings is 1. The molecule has 1 aromatic rings. The fourth-order valence-electron chi connectivity index (χ4n) is 1.28. The molecular formula is C12H17NO. The number of hydrogen-bond donors (Lipinski definition) is 1. The van der Waals surface area contributed by atoms with E-state index in [2.05, 4.69) is 13.8 Å². The van der Waals surface area contributed by atoms with Crippen molar-refractivity contribution in [1.29, 1.82) is 0 Å². The van der Waals surface area contributed by atoms with Crippen LogP contribution in [-0.2, 0) is 5.41 Å². The molecule has 2 nitrogen and oxygen atoms in total. The summed E-state index contributed by atoms with van der Waals surface area (Å²) in [4.78, 5) is 11.2. The Kier molecular flexibility index (Phi) is 3.06. The zero-order valence-corrected chi connectivity index (χ0v) is 9.00. The minimum absolute atomic E-state index is 0.0640. The Morgan fingerprint density at radius 3 is 2.57 bits per heavy atom. The number of rotatable bonds is 3. The molecule has 0 saturated carbocycles. The van der Waals surface area contributed by atoms with Gasteiger partial charge in [-0.05, 0) is 18.6 Å². The molecule has 0 aromatic heterocycles. The Hall–Kier alpha value is -1.15. The van der Waals surface area contributed by atoms with E-state index in [1.54, 1.807) is 6.92 Å². The van der Waals surface area contributed by atoms with Gasteiger partial charge < -0.3 is 5.73 Å². The van der Waals surface area contributed by atoms with Crippen LogP contribution in [0.3, 0.4) is 0 Å². The normalized spacial score (nSPS) is 11.4. The zero-order valence-electron chi connectivity index (χ0n) is 9.00. The third-order valence-corrected chi connectivity index (χ3v) is 2.56. The molecule has 0 spiro atoms. The molecular weight excluding hydrogens is 174 g/mol. The van der Waals surface area contributed by atoms with Gasteiger partial charge in [-0.3, -0.25) is 4.79 Å². The van der Waals surface area contributed by atoms with Gasteiger partial charge in [-0.1, -0.05) is 32.0 Å². The van der Waals surface area contributed by atoms with E-state index in [1.165, 1.54) is 0 Å². The van der Waals surface area contributed by atoms with Crippen LogP contribution in [0, 0.1) is 0 Å². The molecule has 0 heterocycles. The number of ketones is 1. The van der Waals surface area contributed by atoms with E-state index >= 15 is 0 Å². The summed E-state index contributed by atoms with van der Waals surface area (Å²) < 4.78 is 0. The van der Waals surface area contributed by atoms with Gasteiger partial charge in [0, 0.05) is 17.5 Å². The zero-order chi connectivity index (χ0) is 10.8. The van der Waals surface area contributed by atoms with Gasteiger partial charge in [-0.25, -0.2) is 0 Å². The first-order valence-electron chi connectivity index (χ1n) is 4.79. The van der Waals surface area contributed by atoms with Crippen LogP contribution in [0.2, 0.25) is 0 Å². The Morgan fingerprint density at radius 1 is 1.43 bits per heavy atom. The summed E-state index contributed by atoms with van der Waals surface area (Å²) in [6, 6.07) is 7.68. The van der Waals surface area contributed by atoms with Crippen molar-refractivity contribution >= 4 is 5.78 Å². The molecule has 0 aliphatic carbocycles. The minimum atomic E-state index is -0.0640. The van der Waals surface area contributed by atoms with Crippen molar-refractivity contribution in [2.45, 2.75) is 26.2 Å². The second kappa shape index (κ2) is 3.93. The molecule has 0 aliphatic rings. The van der Waals surface area contributed by atoms with Crippen molar-refractivity contribution in [3.8, 4) is 0 Å². The topological polar surface area (TPSA) is 43.1 Å². The molecule has 2 N–H and O–H groups in total. The Balaban J connectivity index is 3.12. The minimum Gasteiger partial charge on any atom is -0.330 e. The summed E-state index contributed by atoms with van der Waals surface area (Å²) in [5, 5.41) is 0. The maximum absolute atomic E-state index is 11.2. The smallest absolute Gasteiger partial charge is 0.159 e. The van der Waals surface area contributed by atoms with E-state index < -0.39 is 0 Å². The molecule has 2 heteroatoms. The SMILES string of the molecule is CC(=O)c1cccc(C(C)(C)CN)c1. The molecule has 1 rings (SSSR count). The van der Waals surface area contributed by atoms with Gasteiger partial charge in [0.2, 0.25) is 0 Å². The lowest BCUT2D eigenvalue weighted by atomic mass is 9.84. The van der Waals surface area contributed by atoms with Crippen LogP contribution >= 0.6 is 0 Å².